The van der Waals surface area contributed by atoms with Gasteiger partial charge >= 0.3 is 5.97 Å². The molecule has 6 nitrogen and oxygen atoms in total. The van der Waals surface area contributed by atoms with Gasteiger partial charge in [-0.05, 0) is 41.9 Å². The van der Waals surface area contributed by atoms with Crippen LogP contribution in [0.15, 0.2) is 33.0 Å². The molecule has 0 bridgehead atoms. The molecule has 9 heteroatoms. The van der Waals surface area contributed by atoms with Crippen LogP contribution in [0, 0.1) is 11.2 Å². The number of carboxylic acids is 1. The van der Waals surface area contributed by atoms with Crippen LogP contribution in [0.3, 0.4) is 0 Å². The van der Waals surface area contributed by atoms with Crippen LogP contribution < -0.4 is 5.32 Å². The van der Waals surface area contributed by atoms with Gasteiger partial charge in [-0.2, -0.15) is 0 Å². The Balaban J connectivity index is 1.60. The van der Waals surface area contributed by atoms with Crippen LogP contribution >= 0.6 is 27.3 Å². The van der Waals surface area contributed by atoms with E-state index in [4.69, 9.17) is 4.99 Å². The van der Waals surface area contributed by atoms with Gasteiger partial charge in [0.1, 0.15) is 16.7 Å². The summed E-state index contributed by atoms with van der Waals surface area (Å²) in [7, 11) is 0. The van der Waals surface area contributed by atoms with Gasteiger partial charge in [0.05, 0.1) is 22.4 Å². The number of carboxylic acid groups (broad SMARTS) is 1. The first kappa shape index (κ1) is 20.3. The van der Waals surface area contributed by atoms with Crippen LogP contribution in [0.2, 0.25) is 0 Å². The average molecular weight is 481 g/mol. The minimum Gasteiger partial charge on any atom is -0.481 e. The number of halogens is 2. The van der Waals surface area contributed by atoms with Gasteiger partial charge in [0.25, 0.3) is 0 Å². The number of nitrogens with one attached hydrogen (secondary N) is 1. The molecule has 1 saturated heterocycles. The van der Waals surface area contributed by atoms with Crippen LogP contribution in [0.25, 0.3) is 0 Å². The first-order chi connectivity index (χ1) is 13.7. The normalized spacial score (nSPS) is 17.1. The van der Waals surface area contributed by atoms with E-state index in [1.54, 1.807) is 31.3 Å². The maximum atomic E-state index is 13.8. The Hall–Kier alpha value is -1.97. The molecule has 154 valence electrons. The largest absolute Gasteiger partial charge is 0.481 e. The zero-order valence-electron chi connectivity index (χ0n) is 16.2. The van der Waals surface area contributed by atoms with E-state index in [1.807, 2.05) is 5.38 Å². The Kier molecular flexibility index (Phi) is 5.39. The standard InChI is InChI=1S/C20H22BrFN4O2S/c1-20(2,19(27)28)11-25-5-7-26(8-6-25)17-16-13(21)10-29-18(16)24-14-4-3-12(22)9-15(14)23-17/h3-4,9-10,24H,5-8,11H2,1-2H3,(H,27,28). The number of hydrogen-bond donors (Lipinski definition) is 2. The highest BCUT2D eigenvalue weighted by molar-refractivity contribution is 9.10. The number of amidine groups is 1. The fraction of sp³-hybridized carbons (Fsp3) is 0.400. The predicted octanol–water partition coefficient (Wildman–Crippen LogP) is 4.51. The number of anilines is 2. The highest BCUT2D eigenvalue weighted by Crippen LogP contribution is 2.41. The first-order valence-electron chi connectivity index (χ1n) is 9.38. The van der Waals surface area contributed by atoms with Gasteiger partial charge in [0.15, 0.2) is 0 Å². The molecule has 1 aromatic heterocycles. The van der Waals surface area contributed by atoms with Crippen LogP contribution in [0.5, 0.6) is 0 Å². The molecule has 0 spiro atoms. The van der Waals surface area contributed by atoms with Crippen molar-refractivity contribution in [2.45, 2.75) is 13.8 Å². The number of rotatable bonds is 3. The van der Waals surface area contributed by atoms with Crippen molar-refractivity contribution in [1.82, 2.24) is 9.80 Å². The maximum absolute atomic E-state index is 13.8. The van der Waals surface area contributed by atoms with Crippen molar-refractivity contribution in [3.8, 4) is 0 Å². The Morgan fingerprint density at radius 3 is 2.76 bits per heavy atom. The van der Waals surface area contributed by atoms with Gasteiger partial charge in [-0.1, -0.05) is 0 Å². The number of carbonyl (C=O) groups is 1. The highest BCUT2D eigenvalue weighted by atomic mass is 79.9. The lowest BCUT2D eigenvalue weighted by molar-refractivity contribution is -0.148. The third kappa shape index (κ3) is 4.04. The van der Waals surface area contributed by atoms with Crippen LogP contribution in [-0.2, 0) is 4.79 Å². The number of aliphatic carboxylic acids is 1. The molecule has 29 heavy (non-hydrogen) atoms. The Labute approximate surface area is 181 Å². The molecule has 1 fully saturated rings. The molecule has 0 amide bonds. The minimum atomic E-state index is -0.787. The van der Waals surface area contributed by atoms with Crippen molar-refractivity contribution >= 4 is 55.4 Å². The fourth-order valence-electron chi connectivity index (χ4n) is 3.61. The quantitative estimate of drug-likeness (QED) is 0.675. The number of aliphatic imine (C=N–C) groups is 1. The van der Waals surface area contributed by atoms with Crippen molar-refractivity contribution < 1.29 is 14.3 Å². The van der Waals surface area contributed by atoms with Gasteiger partial charge < -0.3 is 15.3 Å². The Morgan fingerprint density at radius 1 is 1.34 bits per heavy atom. The summed E-state index contributed by atoms with van der Waals surface area (Å²) in [6.45, 7) is 6.95. The lowest BCUT2D eigenvalue weighted by atomic mass is 9.93. The first-order valence-corrected chi connectivity index (χ1v) is 11.1. The van der Waals surface area contributed by atoms with E-state index in [1.165, 1.54) is 12.1 Å². The second-order valence-corrected chi connectivity index (χ2v) is 9.70. The molecule has 2 N–H and O–H groups in total. The third-order valence-electron chi connectivity index (χ3n) is 5.27. The smallest absolute Gasteiger partial charge is 0.310 e. The molecule has 3 heterocycles. The lowest BCUT2D eigenvalue weighted by Crippen LogP contribution is -2.52. The molecular formula is C20H22BrFN4O2S. The summed E-state index contributed by atoms with van der Waals surface area (Å²) in [6, 6.07) is 4.58. The zero-order valence-corrected chi connectivity index (χ0v) is 18.6. The van der Waals surface area contributed by atoms with Crippen molar-refractivity contribution in [2.75, 3.05) is 38.0 Å². The van der Waals surface area contributed by atoms with Crippen LogP contribution in [0.4, 0.5) is 20.8 Å². The van der Waals surface area contributed by atoms with E-state index in [0.29, 0.717) is 12.2 Å². The van der Waals surface area contributed by atoms with E-state index in [2.05, 4.69) is 31.0 Å². The summed E-state index contributed by atoms with van der Waals surface area (Å²) >= 11 is 5.21. The topological polar surface area (TPSA) is 68.2 Å². The minimum absolute atomic E-state index is 0.321. The van der Waals surface area contributed by atoms with Gasteiger partial charge in [0.2, 0.25) is 0 Å². The van der Waals surface area contributed by atoms with Crippen molar-refractivity contribution in [3.63, 3.8) is 0 Å². The van der Waals surface area contributed by atoms with E-state index in [0.717, 1.165) is 52.7 Å². The van der Waals surface area contributed by atoms with E-state index in [9.17, 15) is 14.3 Å². The molecule has 0 aliphatic carbocycles. The van der Waals surface area contributed by atoms with Gasteiger partial charge in [0, 0.05) is 48.6 Å². The number of piperazine rings is 1. The number of fused-ring (bicyclic) bond motifs is 2. The van der Waals surface area contributed by atoms with E-state index >= 15 is 0 Å². The van der Waals surface area contributed by atoms with Crippen molar-refractivity contribution in [2.24, 2.45) is 10.4 Å². The molecule has 0 saturated carbocycles. The maximum Gasteiger partial charge on any atom is 0.310 e. The van der Waals surface area contributed by atoms with E-state index in [-0.39, 0.29) is 5.82 Å². The summed E-state index contributed by atoms with van der Waals surface area (Å²) in [5, 5.41) is 15.8. The van der Waals surface area contributed by atoms with Crippen LogP contribution in [0.1, 0.15) is 19.4 Å². The number of hydrogen-bond acceptors (Lipinski definition) is 6. The SMILES string of the molecule is CC(C)(CN1CCN(C2=Nc3cc(F)ccc3Nc3scc(Br)c32)CC1)C(=O)O. The summed E-state index contributed by atoms with van der Waals surface area (Å²) < 4.78 is 14.8. The predicted molar refractivity (Wildman–Crippen MR) is 117 cm³/mol. The van der Waals surface area contributed by atoms with E-state index < -0.39 is 11.4 Å². The van der Waals surface area contributed by atoms with Crippen LogP contribution in [-0.4, -0.2) is 59.4 Å². The average Bonchev–Trinajstić information content (AvgIpc) is 2.93. The third-order valence-corrected chi connectivity index (χ3v) is 7.10. The molecule has 4 rings (SSSR count). The Bertz CT molecular complexity index is 983. The number of thiophene rings is 1. The molecule has 0 radical (unpaired) electrons. The summed E-state index contributed by atoms with van der Waals surface area (Å²) in [6.07, 6.45) is 0. The Morgan fingerprint density at radius 2 is 2.07 bits per heavy atom. The monoisotopic (exact) mass is 480 g/mol. The van der Waals surface area contributed by atoms with Crippen molar-refractivity contribution in [1.29, 1.82) is 0 Å². The fourth-order valence-corrected chi connectivity index (χ4v) is 5.22. The van der Waals surface area contributed by atoms with Gasteiger partial charge in [-0.25, -0.2) is 9.38 Å². The lowest BCUT2D eigenvalue weighted by Gasteiger charge is -2.38. The molecule has 1 aromatic carbocycles. The summed E-state index contributed by atoms with van der Waals surface area (Å²) in [4.78, 5) is 20.6. The van der Waals surface area contributed by atoms with Gasteiger partial charge in [-0.3, -0.25) is 9.69 Å². The summed E-state index contributed by atoms with van der Waals surface area (Å²) in [5.74, 6) is -0.301. The second kappa shape index (κ2) is 7.70. The highest BCUT2D eigenvalue weighted by Gasteiger charge is 2.33. The van der Waals surface area contributed by atoms with Crippen molar-refractivity contribution in [3.05, 3.63) is 39.4 Å². The summed E-state index contributed by atoms with van der Waals surface area (Å²) in [5.41, 5.74) is 1.54. The molecule has 2 aliphatic rings. The second-order valence-electron chi connectivity index (χ2n) is 7.96. The van der Waals surface area contributed by atoms with Gasteiger partial charge in [-0.15, -0.1) is 11.3 Å². The zero-order chi connectivity index (χ0) is 20.8. The molecule has 0 unspecified atom stereocenters. The molecule has 2 aromatic rings. The molecular weight excluding hydrogens is 459 g/mol. The number of benzene rings is 1. The number of nitrogens with zero attached hydrogens (tertiary/aromatic N) is 3. The molecule has 2 aliphatic heterocycles. The molecule has 0 atom stereocenters.